The van der Waals surface area contributed by atoms with Crippen molar-refractivity contribution < 1.29 is 9.53 Å². The topological polar surface area (TPSA) is 42.4 Å². The molecule has 1 fully saturated rings. The summed E-state index contributed by atoms with van der Waals surface area (Å²) in [5.74, 6) is 0.686. The van der Waals surface area contributed by atoms with Gasteiger partial charge in [0.1, 0.15) is 6.10 Å². The van der Waals surface area contributed by atoms with E-state index in [1.54, 1.807) is 23.2 Å². The number of carbonyl (C=O) groups excluding carboxylic acids is 1. The van der Waals surface area contributed by atoms with E-state index in [2.05, 4.69) is 4.98 Å². The highest BCUT2D eigenvalue weighted by atomic mass is 16.5. The lowest BCUT2D eigenvalue weighted by Crippen LogP contribution is -2.29. The third-order valence-corrected chi connectivity index (χ3v) is 2.94. The van der Waals surface area contributed by atoms with Crippen LogP contribution in [0.5, 0.6) is 5.88 Å². The van der Waals surface area contributed by atoms with Crippen LogP contribution in [0.3, 0.4) is 0 Å². The van der Waals surface area contributed by atoms with Crippen LogP contribution in [0, 0.1) is 6.92 Å². The Morgan fingerprint density at radius 3 is 3.06 bits per heavy atom. The Kier molecular flexibility index (Phi) is 3.97. The lowest BCUT2D eigenvalue weighted by Gasteiger charge is -2.15. The number of rotatable bonds is 3. The van der Waals surface area contributed by atoms with Crippen LogP contribution in [0.1, 0.15) is 18.9 Å². The second kappa shape index (κ2) is 5.67. The molecule has 0 aliphatic carbocycles. The summed E-state index contributed by atoms with van der Waals surface area (Å²) < 4.78 is 5.76. The predicted molar refractivity (Wildman–Crippen MR) is 69.4 cm³/mol. The monoisotopic (exact) mass is 246 g/mol. The summed E-state index contributed by atoms with van der Waals surface area (Å²) in [4.78, 5) is 17.7. The van der Waals surface area contributed by atoms with E-state index in [1.165, 1.54) is 0 Å². The van der Waals surface area contributed by atoms with Crippen LogP contribution in [0.2, 0.25) is 0 Å². The first-order chi connectivity index (χ1) is 8.69. The van der Waals surface area contributed by atoms with Gasteiger partial charge in [-0.15, -0.1) is 0 Å². The van der Waals surface area contributed by atoms with Crippen molar-refractivity contribution in [1.29, 1.82) is 0 Å². The fourth-order valence-corrected chi connectivity index (χ4v) is 1.97. The Bertz CT molecular complexity index is 440. The Hall–Kier alpha value is -1.84. The molecule has 1 aliphatic rings. The zero-order valence-electron chi connectivity index (χ0n) is 10.8. The summed E-state index contributed by atoms with van der Waals surface area (Å²) in [6.07, 6.45) is 6.05. The molecule has 0 saturated carbocycles. The summed E-state index contributed by atoms with van der Waals surface area (Å²) in [5, 5.41) is 0. The third-order valence-electron chi connectivity index (χ3n) is 2.94. The molecule has 18 heavy (non-hydrogen) atoms. The van der Waals surface area contributed by atoms with Gasteiger partial charge in [0, 0.05) is 25.2 Å². The van der Waals surface area contributed by atoms with Gasteiger partial charge in [0.15, 0.2) is 0 Å². The Balaban J connectivity index is 1.89. The summed E-state index contributed by atoms with van der Waals surface area (Å²) in [6.45, 7) is 5.22. The largest absolute Gasteiger partial charge is 0.472 e. The first-order valence-corrected chi connectivity index (χ1v) is 6.20. The first-order valence-electron chi connectivity index (χ1n) is 6.20. The fraction of sp³-hybridized carbons (Fsp3) is 0.429. The molecule has 0 spiro atoms. The minimum atomic E-state index is 0.0504. The first kappa shape index (κ1) is 12.6. The molecule has 0 aromatic carbocycles. The molecule has 1 amide bonds. The van der Waals surface area contributed by atoms with Crippen LogP contribution >= 0.6 is 0 Å². The van der Waals surface area contributed by atoms with Crippen molar-refractivity contribution in [2.75, 3.05) is 13.1 Å². The van der Waals surface area contributed by atoms with Crippen LogP contribution in [0.4, 0.5) is 0 Å². The molecule has 2 heterocycles. The molecule has 1 aliphatic heterocycles. The Morgan fingerprint density at radius 2 is 2.39 bits per heavy atom. The van der Waals surface area contributed by atoms with Gasteiger partial charge < -0.3 is 9.64 Å². The number of nitrogens with zero attached hydrogens (tertiary/aromatic N) is 2. The van der Waals surface area contributed by atoms with Gasteiger partial charge in [-0.25, -0.2) is 4.98 Å². The van der Waals surface area contributed by atoms with Crippen molar-refractivity contribution in [2.45, 2.75) is 26.4 Å². The van der Waals surface area contributed by atoms with Crippen molar-refractivity contribution in [3.63, 3.8) is 0 Å². The number of aryl methyl sites for hydroxylation is 1. The zero-order valence-corrected chi connectivity index (χ0v) is 10.8. The minimum Gasteiger partial charge on any atom is -0.472 e. The molecule has 0 bridgehead atoms. The lowest BCUT2D eigenvalue weighted by molar-refractivity contribution is -0.125. The molecule has 2 rings (SSSR count). The van der Waals surface area contributed by atoms with E-state index in [0.717, 1.165) is 18.5 Å². The molecule has 1 saturated heterocycles. The number of allylic oxidation sites excluding steroid dienone is 1. The molecule has 4 nitrogen and oxygen atoms in total. The van der Waals surface area contributed by atoms with Gasteiger partial charge >= 0.3 is 0 Å². The average Bonchev–Trinajstić information content (AvgIpc) is 2.81. The van der Waals surface area contributed by atoms with Crippen molar-refractivity contribution in [1.82, 2.24) is 9.88 Å². The van der Waals surface area contributed by atoms with Gasteiger partial charge in [-0.1, -0.05) is 12.1 Å². The van der Waals surface area contributed by atoms with E-state index < -0.39 is 0 Å². The SMILES string of the molecule is CC=CC(=O)N1CCC(Oc2ccc(C)cn2)C1. The number of hydrogen-bond acceptors (Lipinski definition) is 3. The number of hydrogen-bond donors (Lipinski definition) is 0. The normalized spacial score (nSPS) is 19.4. The van der Waals surface area contributed by atoms with Crippen LogP contribution in [-0.2, 0) is 4.79 Å². The van der Waals surface area contributed by atoms with Crippen LogP contribution < -0.4 is 4.74 Å². The van der Waals surface area contributed by atoms with E-state index in [0.29, 0.717) is 12.4 Å². The molecule has 96 valence electrons. The molecular weight excluding hydrogens is 228 g/mol. The van der Waals surface area contributed by atoms with Crippen LogP contribution in [-0.4, -0.2) is 35.0 Å². The Morgan fingerprint density at radius 1 is 1.56 bits per heavy atom. The van der Waals surface area contributed by atoms with E-state index >= 15 is 0 Å². The number of amides is 1. The van der Waals surface area contributed by atoms with Crippen molar-refractivity contribution in [2.24, 2.45) is 0 Å². The summed E-state index contributed by atoms with van der Waals surface area (Å²) in [5.41, 5.74) is 1.11. The average molecular weight is 246 g/mol. The smallest absolute Gasteiger partial charge is 0.246 e. The molecule has 1 unspecified atom stereocenters. The number of aromatic nitrogens is 1. The summed E-state index contributed by atoms with van der Waals surface area (Å²) >= 11 is 0. The van der Waals surface area contributed by atoms with Gasteiger partial charge in [-0.2, -0.15) is 0 Å². The predicted octanol–water partition coefficient (Wildman–Crippen LogP) is 1.95. The highest BCUT2D eigenvalue weighted by Crippen LogP contribution is 2.16. The standard InChI is InChI=1S/C14H18N2O2/c1-3-4-14(17)16-8-7-12(10-16)18-13-6-5-11(2)9-15-13/h3-6,9,12H,7-8,10H2,1-2H3. The number of carbonyl (C=O) groups is 1. The molecule has 0 radical (unpaired) electrons. The Labute approximate surface area is 107 Å². The lowest BCUT2D eigenvalue weighted by atomic mass is 10.3. The van der Waals surface area contributed by atoms with E-state index in [4.69, 9.17) is 4.74 Å². The summed E-state index contributed by atoms with van der Waals surface area (Å²) in [7, 11) is 0. The highest BCUT2D eigenvalue weighted by Gasteiger charge is 2.26. The van der Waals surface area contributed by atoms with Gasteiger partial charge in [0.2, 0.25) is 11.8 Å². The molecular formula is C14H18N2O2. The number of likely N-dealkylation sites (tertiary alicyclic amines) is 1. The molecule has 1 aromatic heterocycles. The van der Waals surface area contributed by atoms with Gasteiger partial charge in [-0.3, -0.25) is 4.79 Å². The number of ether oxygens (including phenoxy) is 1. The quantitative estimate of drug-likeness (QED) is 0.765. The molecule has 4 heteroatoms. The zero-order chi connectivity index (χ0) is 13.0. The summed E-state index contributed by atoms with van der Waals surface area (Å²) in [6, 6.07) is 3.84. The van der Waals surface area contributed by atoms with Crippen LogP contribution in [0.15, 0.2) is 30.5 Å². The van der Waals surface area contributed by atoms with E-state index in [1.807, 2.05) is 26.0 Å². The van der Waals surface area contributed by atoms with Crippen molar-refractivity contribution >= 4 is 5.91 Å². The van der Waals surface area contributed by atoms with E-state index in [9.17, 15) is 4.79 Å². The maximum atomic E-state index is 11.7. The van der Waals surface area contributed by atoms with E-state index in [-0.39, 0.29) is 12.0 Å². The second-order valence-electron chi connectivity index (χ2n) is 4.49. The van der Waals surface area contributed by atoms with Gasteiger partial charge in [0.25, 0.3) is 0 Å². The maximum absolute atomic E-state index is 11.7. The fourth-order valence-electron chi connectivity index (χ4n) is 1.97. The van der Waals surface area contributed by atoms with Gasteiger partial charge in [0.05, 0.1) is 6.54 Å². The van der Waals surface area contributed by atoms with Gasteiger partial charge in [-0.05, 0) is 25.5 Å². The minimum absolute atomic E-state index is 0.0504. The molecule has 1 aromatic rings. The number of pyridine rings is 1. The molecule has 1 atom stereocenters. The highest BCUT2D eigenvalue weighted by molar-refractivity contribution is 5.87. The van der Waals surface area contributed by atoms with Crippen LogP contribution in [0.25, 0.3) is 0 Å². The van der Waals surface area contributed by atoms with Crippen molar-refractivity contribution in [3.8, 4) is 5.88 Å². The van der Waals surface area contributed by atoms with Crippen molar-refractivity contribution in [3.05, 3.63) is 36.0 Å². The third kappa shape index (κ3) is 3.09. The molecule has 0 N–H and O–H groups in total. The maximum Gasteiger partial charge on any atom is 0.246 e. The second-order valence-corrected chi connectivity index (χ2v) is 4.49.